The van der Waals surface area contributed by atoms with Crippen molar-refractivity contribution in [2.75, 3.05) is 0 Å². The average Bonchev–Trinajstić information content (AvgIpc) is 2.75. The molecule has 0 unspecified atom stereocenters. The van der Waals surface area contributed by atoms with E-state index < -0.39 is 0 Å². The maximum Gasteiger partial charge on any atom is 0.0636 e. The molecule has 0 aromatic heterocycles. The second-order valence-electron chi connectivity index (χ2n) is 8.05. The zero-order valence-corrected chi connectivity index (χ0v) is 17.6. The van der Waals surface area contributed by atoms with Gasteiger partial charge in [-0.1, -0.05) is 105 Å². The number of hydrogen-bond donors (Lipinski definition) is 0. The summed E-state index contributed by atoms with van der Waals surface area (Å²) in [5.74, 6) is 0.609. The van der Waals surface area contributed by atoms with Crippen molar-refractivity contribution in [2.24, 2.45) is 10.9 Å². The molecule has 3 rings (SSSR count). The third-order valence-corrected chi connectivity index (χ3v) is 5.03. The Labute approximate surface area is 175 Å². The zero-order valence-electron chi connectivity index (χ0n) is 17.6. The fraction of sp³-hybridized carbons (Fsp3) is 0.296. The van der Waals surface area contributed by atoms with Gasteiger partial charge in [-0.25, -0.2) is 0 Å². The summed E-state index contributed by atoms with van der Waals surface area (Å²) in [7, 11) is 0. The first-order valence-corrected chi connectivity index (χ1v) is 10.6. The molecule has 0 aliphatic rings. The molecular formula is C27H32N2. The van der Waals surface area contributed by atoms with Crippen molar-refractivity contribution < 1.29 is 0 Å². The van der Waals surface area contributed by atoms with Crippen LogP contribution in [0.4, 0.5) is 0 Å². The molecule has 3 aromatic carbocycles. The minimum absolute atomic E-state index is 0.305. The van der Waals surface area contributed by atoms with E-state index in [2.05, 4.69) is 116 Å². The zero-order chi connectivity index (χ0) is 20.3. The third kappa shape index (κ3) is 7.32. The smallest absolute Gasteiger partial charge is 0.0636 e. The minimum Gasteiger partial charge on any atom is -0.291 e. The van der Waals surface area contributed by atoms with E-state index in [0.717, 1.165) is 26.1 Å². The first kappa shape index (κ1) is 21.0. The van der Waals surface area contributed by atoms with Crippen LogP contribution in [0.15, 0.2) is 96.0 Å². The SMILES string of the molecule is CC(C)C[C@@H](C=NCc1ccccc1)N(Cc1ccccc1)Cc1ccccc1. The van der Waals surface area contributed by atoms with E-state index in [1.165, 1.54) is 16.7 Å². The van der Waals surface area contributed by atoms with Gasteiger partial charge >= 0.3 is 0 Å². The summed E-state index contributed by atoms with van der Waals surface area (Å²) >= 11 is 0. The predicted octanol–water partition coefficient (Wildman–Crippen LogP) is 6.37. The second kappa shape index (κ2) is 11.3. The first-order valence-electron chi connectivity index (χ1n) is 10.6. The Morgan fingerprint density at radius 3 is 1.59 bits per heavy atom. The highest BCUT2D eigenvalue weighted by Gasteiger charge is 2.19. The van der Waals surface area contributed by atoms with E-state index in [-0.39, 0.29) is 0 Å². The van der Waals surface area contributed by atoms with Crippen molar-refractivity contribution in [3.63, 3.8) is 0 Å². The van der Waals surface area contributed by atoms with Gasteiger partial charge in [-0.2, -0.15) is 0 Å². The highest BCUT2D eigenvalue weighted by molar-refractivity contribution is 5.64. The summed E-state index contributed by atoms with van der Waals surface area (Å²) in [6.07, 6.45) is 3.27. The molecule has 0 saturated carbocycles. The maximum absolute atomic E-state index is 4.83. The Morgan fingerprint density at radius 1 is 0.690 bits per heavy atom. The highest BCUT2D eigenvalue weighted by atomic mass is 15.2. The van der Waals surface area contributed by atoms with Gasteiger partial charge in [-0.05, 0) is 29.0 Å². The van der Waals surface area contributed by atoms with Gasteiger partial charge in [0.25, 0.3) is 0 Å². The van der Waals surface area contributed by atoms with Crippen LogP contribution in [0.25, 0.3) is 0 Å². The second-order valence-corrected chi connectivity index (χ2v) is 8.05. The Balaban J connectivity index is 1.80. The van der Waals surface area contributed by atoms with Crippen molar-refractivity contribution in [1.29, 1.82) is 0 Å². The fourth-order valence-electron chi connectivity index (χ4n) is 3.58. The summed E-state index contributed by atoms with van der Waals surface area (Å²) in [6, 6.07) is 32.3. The van der Waals surface area contributed by atoms with Crippen LogP contribution in [0, 0.1) is 5.92 Å². The molecule has 0 spiro atoms. The topological polar surface area (TPSA) is 15.6 Å². The summed E-state index contributed by atoms with van der Waals surface area (Å²) < 4.78 is 0. The molecule has 1 atom stereocenters. The van der Waals surface area contributed by atoms with Gasteiger partial charge in [-0.15, -0.1) is 0 Å². The molecule has 2 heteroatoms. The van der Waals surface area contributed by atoms with Crippen LogP contribution in [-0.2, 0) is 19.6 Å². The summed E-state index contributed by atoms with van der Waals surface area (Å²) in [4.78, 5) is 7.39. The van der Waals surface area contributed by atoms with Crippen molar-refractivity contribution in [3.05, 3.63) is 108 Å². The van der Waals surface area contributed by atoms with Crippen LogP contribution in [0.3, 0.4) is 0 Å². The molecule has 2 nitrogen and oxygen atoms in total. The Bertz CT molecular complexity index is 800. The lowest BCUT2D eigenvalue weighted by Crippen LogP contribution is -2.36. The van der Waals surface area contributed by atoms with Gasteiger partial charge in [0.05, 0.1) is 6.54 Å². The molecule has 0 heterocycles. The largest absolute Gasteiger partial charge is 0.291 e. The lowest BCUT2D eigenvalue weighted by Gasteiger charge is -2.31. The summed E-state index contributed by atoms with van der Waals surface area (Å²) in [5.41, 5.74) is 3.94. The van der Waals surface area contributed by atoms with Crippen molar-refractivity contribution in [1.82, 2.24) is 4.90 Å². The lowest BCUT2D eigenvalue weighted by molar-refractivity contribution is 0.205. The van der Waals surface area contributed by atoms with E-state index >= 15 is 0 Å². The van der Waals surface area contributed by atoms with Gasteiger partial charge in [0.1, 0.15) is 0 Å². The molecule has 150 valence electrons. The maximum atomic E-state index is 4.83. The minimum atomic E-state index is 0.305. The van der Waals surface area contributed by atoms with Crippen LogP contribution in [0.2, 0.25) is 0 Å². The molecular weight excluding hydrogens is 352 g/mol. The molecule has 0 saturated heterocycles. The number of aliphatic imine (C=N–C) groups is 1. The van der Waals surface area contributed by atoms with Gasteiger partial charge in [0, 0.05) is 25.3 Å². The van der Waals surface area contributed by atoms with Crippen LogP contribution in [-0.4, -0.2) is 17.2 Å². The quantitative estimate of drug-likeness (QED) is 0.371. The molecule has 0 radical (unpaired) electrons. The molecule has 0 amide bonds. The highest BCUT2D eigenvalue weighted by Crippen LogP contribution is 2.18. The number of rotatable bonds is 10. The third-order valence-electron chi connectivity index (χ3n) is 5.03. The lowest BCUT2D eigenvalue weighted by atomic mass is 10.0. The normalized spacial score (nSPS) is 12.7. The van der Waals surface area contributed by atoms with E-state index in [0.29, 0.717) is 12.0 Å². The van der Waals surface area contributed by atoms with E-state index in [1.807, 2.05) is 0 Å². The van der Waals surface area contributed by atoms with Crippen molar-refractivity contribution >= 4 is 6.21 Å². The van der Waals surface area contributed by atoms with Gasteiger partial charge < -0.3 is 0 Å². The Hall–Kier alpha value is -2.71. The van der Waals surface area contributed by atoms with Crippen LogP contribution in [0.5, 0.6) is 0 Å². The molecule has 0 fully saturated rings. The van der Waals surface area contributed by atoms with Gasteiger partial charge in [0.15, 0.2) is 0 Å². The predicted molar refractivity (Wildman–Crippen MR) is 124 cm³/mol. The van der Waals surface area contributed by atoms with Crippen molar-refractivity contribution in [2.45, 2.75) is 45.9 Å². The average molecular weight is 385 g/mol. The molecule has 0 aliphatic carbocycles. The fourth-order valence-corrected chi connectivity index (χ4v) is 3.58. The number of hydrogen-bond acceptors (Lipinski definition) is 2. The van der Waals surface area contributed by atoms with Crippen LogP contribution >= 0.6 is 0 Å². The number of nitrogens with zero attached hydrogens (tertiary/aromatic N) is 2. The molecule has 0 bridgehead atoms. The summed E-state index contributed by atoms with van der Waals surface area (Å²) in [5, 5.41) is 0. The molecule has 3 aromatic rings. The van der Waals surface area contributed by atoms with Gasteiger partial charge in [-0.3, -0.25) is 9.89 Å². The van der Waals surface area contributed by atoms with Crippen LogP contribution in [0.1, 0.15) is 37.0 Å². The molecule has 29 heavy (non-hydrogen) atoms. The Kier molecular flexibility index (Phi) is 8.21. The monoisotopic (exact) mass is 384 g/mol. The van der Waals surface area contributed by atoms with E-state index in [9.17, 15) is 0 Å². The Morgan fingerprint density at radius 2 is 1.14 bits per heavy atom. The molecule has 0 aliphatic heterocycles. The summed E-state index contributed by atoms with van der Waals surface area (Å²) in [6.45, 7) is 7.16. The van der Waals surface area contributed by atoms with Crippen LogP contribution < -0.4 is 0 Å². The van der Waals surface area contributed by atoms with Crippen molar-refractivity contribution in [3.8, 4) is 0 Å². The van der Waals surface area contributed by atoms with Gasteiger partial charge in [0.2, 0.25) is 0 Å². The first-order chi connectivity index (χ1) is 14.2. The standard InChI is InChI=1S/C27H32N2/c1-23(2)18-27(20-28-19-24-12-6-3-7-13-24)29(21-25-14-8-4-9-15-25)22-26-16-10-5-11-17-26/h3-17,20,23,27H,18-19,21-22H2,1-2H3/t27-/m0/s1. The molecule has 0 N–H and O–H groups in total. The van der Waals surface area contributed by atoms with E-state index in [4.69, 9.17) is 4.99 Å². The van der Waals surface area contributed by atoms with E-state index in [1.54, 1.807) is 0 Å². The number of benzene rings is 3.